The molecule has 3 rings (SSSR count). The molecule has 0 fully saturated rings. The van der Waals surface area contributed by atoms with Gasteiger partial charge in [-0.25, -0.2) is 4.90 Å². The third kappa shape index (κ3) is 1.65. The molecule has 1 aliphatic rings. The Kier molecular flexibility index (Phi) is 2.49. The summed E-state index contributed by atoms with van der Waals surface area (Å²) in [4.78, 5) is 37.3. The second-order valence-electron chi connectivity index (χ2n) is 4.15. The van der Waals surface area contributed by atoms with Crippen molar-refractivity contribution in [2.24, 2.45) is 0 Å². The zero-order valence-corrected chi connectivity index (χ0v) is 9.87. The van der Waals surface area contributed by atoms with Crippen LogP contribution in [0.3, 0.4) is 0 Å². The number of carbonyl (C=O) groups excluding carboxylic acids is 2. The lowest BCUT2D eigenvalue weighted by molar-refractivity contribution is 0.0926. The lowest BCUT2D eigenvalue weighted by Crippen LogP contribution is -2.32. The fraction of sp³-hybridized carbons (Fsp3) is 0. The van der Waals surface area contributed by atoms with Gasteiger partial charge in [0.1, 0.15) is 0 Å². The third-order valence-corrected chi connectivity index (χ3v) is 3.01. The number of carbonyl (C=O) groups is 2. The number of rotatable bonds is 1. The van der Waals surface area contributed by atoms with E-state index in [-0.39, 0.29) is 11.1 Å². The second-order valence-corrected chi connectivity index (χ2v) is 4.15. The molecule has 0 radical (unpaired) electrons. The van der Waals surface area contributed by atoms with Crippen LogP contribution >= 0.6 is 0 Å². The van der Waals surface area contributed by atoms with Crippen molar-refractivity contribution in [2.75, 3.05) is 4.90 Å². The van der Waals surface area contributed by atoms with E-state index in [1.807, 2.05) is 0 Å². The van der Waals surface area contributed by atoms with Crippen molar-refractivity contribution in [3.63, 3.8) is 0 Å². The maximum absolute atomic E-state index is 12.2. The van der Waals surface area contributed by atoms with Crippen LogP contribution in [0.25, 0.3) is 0 Å². The second kappa shape index (κ2) is 4.17. The van der Waals surface area contributed by atoms with Gasteiger partial charge in [0.05, 0.1) is 16.8 Å². The van der Waals surface area contributed by atoms with Crippen molar-refractivity contribution in [3.05, 3.63) is 75.9 Å². The quantitative estimate of drug-likeness (QED) is 0.727. The molecule has 19 heavy (non-hydrogen) atoms. The molecule has 4 nitrogen and oxygen atoms in total. The molecule has 0 aromatic heterocycles. The number of hydrogen-bond donors (Lipinski definition) is 0. The topological polar surface area (TPSA) is 54.5 Å². The normalized spacial score (nSPS) is 13.6. The molecular weight excluding hydrogens is 242 g/mol. The first-order valence-electron chi connectivity index (χ1n) is 5.77. The van der Waals surface area contributed by atoms with E-state index in [0.717, 1.165) is 4.90 Å². The minimum absolute atomic E-state index is 0.0798. The van der Waals surface area contributed by atoms with Crippen molar-refractivity contribution in [3.8, 4) is 0 Å². The molecule has 0 spiro atoms. The maximum Gasteiger partial charge on any atom is 0.266 e. The molecule has 1 aliphatic heterocycles. The van der Waals surface area contributed by atoms with Gasteiger partial charge < -0.3 is 0 Å². The Labute approximate surface area is 108 Å². The van der Waals surface area contributed by atoms with E-state index in [9.17, 15) is 14.4 Å². The highest BCUT2D eigenvalue weighted by Gasteiger charge is 2.36. The summed E-state index contributed by atoms with van der Waals surface area (Å²) in [5.41, 5.74) is 0.382. The van der Waals surface area contributed by atoms with Crippen LogP contribution in [0.2, 0.25) is 0 Å². The molecule has 0 bridgehead atoms. The van der Waals surface area contributed by atoms with Crippen molar-refractivity contribution in [2.45, 2.75) is 0 Å². The van der Waals surface area contributed by atoms with E-state index in [4.69, 9.17) is 0 Å². The Morgan fingerprint density at radius 2 is 1.16 bits per heavy atom. The standard InChI is InChI=1S/C15H9NO3/c17-13-9-3-1-2-8-12(13)16-14(18)10-6-4-5-7-11(10)15(16)19/h1-9H. The predicted molar refractivity (Wildman–Crippen MR) is 70.3 cm³/mol. The number of imide groups is 1. The molecule has 2 aromatic rings. The van der Waals surface area contributed by atoms with E-state index < -0.39 is 11.8 Å². The van der Waals surface area contributed by atoms with Crippen LogP contribution in [-0.2, 0) is 0 Å². The molecule has 2 aromatic carbocycles. The fourth-order valence-corrected chi connectivity index (χ4v) is 2.11. The summed E-state index contributed by atoms with van der Waals surface area (Å²) in [5, 5.41) is 0. The third-order valence-electron chi connectivity index (χ3n) is 3.01. The van der Waals surface area contributed by atoms with Gasteiger partial charge in [-0.15, -0.1) is 0 Å². The zero-order chi connectivity index (χ0) is 13.4. The van der Waals surface area contributed by atoms with E-state index in [1.54, 1.807) is 42.5 Å². The molecule has 1 heterocycles. The Hall–Kier alpha value is -2.75. The summed E-state index contributed by atoms with van der Waals surface area (Å²) in [6.07, 6.45) is 0. The highest BCUT2D eigenvalue weighted by molar-refractivity contribution is 6.34. The number of fused-ring (bicyclic) bond motifs is 1. The van der Waals surface area contributed by atoms with Crippen LogP contribution in [0, 0.1) is 0 Å². The highest BCUT2D eigenvalue weighted by Crippen LogP contribution is 2.25. The van der Waals surface area contributed by atoms with E-state index in [1.165, 1.54) is 12.1 Å². The van der Waals surface area contributed by atoms with Gasteiger partial charge in [-0.1, -0.05) is 30.3 Å². The number of amides is 2. The summed E-state index contributed by atoms with van der Waals surface area (Å²) >= 11 is 0. The van der Waals surface area contributed by atoms with Crippen LogP contribution < -0.4 is 10.3 Å². The summed E-state index contributed by atoms with van der Waals surface area (Å²) in [5.74, 6) is -0.909. The van der Waals surface area contributed by atoms with Gasteiger partial charge in [0.15, 0.2) is 0 Å². The number of nitrogens with zero attached hydrogens (tertiary/aromatic N) is 1. The molecule has 0 atom stereocenters. The van der Waals surface area contributed by atoms with E-state index in [2.05, 4.69) is 0 Å². The van der Waals surface area contributed by atoms with Crippen molar-refractivity contribution in [1.82, 2.24) is 0 Å². The lowest BCUT2D eigenvalue weighted by atomic mass is 10.1. The Bertz CT molecular complexity index is 717. The minimum Gasteiger partial charge on any atom is -0.288 e. The average molecular weight is 251 g/mol. The van der Waals surface area contributed by atoms with Gasteiger partial charge in [0.25, 0.3) is 11.8 Å². The van der Waals surface area contributed by atoms with Crippen LogP contribution in [0.15, 0.2) is 59.4 Å². The van der Waals surface area contributed by atoms with Crippen molar-refractivity contribution < 1.29 is 9.59 Å². The summed E-state index contributed by atoms with van der Waals surface area (Å²) in [7, 11) is 0. The first-order valence-corrected chi connectivity index (χ1v) is 5.77. The molecule has 0 unspecified atom stereocenters. The molecule has 4 heteroatoms. The van der Waals surface area contributed by atoms with Crippen LogP contribution in [0.5, 0.6) is 0 Å². The molecule has 2 amide bonds. The van der Waals surface area contributed by atoms with Gasteiger partial charge in [0, 0.05) is 0 Å². The highest BCUT2D eigenvalue weighted by atomic mass is 16.2. The molecule has 0 saturated carbocycles. The van der Waals surface area contributed by atoms with Gasteiger partial charge in [-0.2, -0.15) is 0 Å². The SMILES string of the molecule is O=C1c2ccccc2C(=O)N1c1cccccc1=O. The summed E-state index contributed by atoms with van der Waals surface area (Å²) in [6, 6.07) is 14.2. The molecule has 92 valence electrons. The minimum atomic E-state index is -0.455. The van der Waals surface area contributed by atoms with Crippen molar-refractivity contribution >= 4 is 17.5 Å². The van der Waals surface area contributed by atoms with Crippen LogP contribution in [0.4, 0.5) is 5.69 Å². The van der Waals surface area contributed by atoms with Crippen LogP contribution in [-0.4, -0.2) is 11.8 Å². The Balaban J connectivity index is 2.21. The largest absolute Gasteiger partial charge is 0.288 e. The predicted octanol–water partition coefficient (Wildman–Crippen LogP) is 1.85. The molecule has 0 N–H and O–H groups in total. The average Bonchev–Trinajstić information content (AvgIpc) is 2.57. The monoisotopic (exact) mass is 251 g/mol. The van der Waals surface area contributed by atoms with Crippen LogP contribution in [0.1, 0.15) is 20.7 Å². The van der Waals surface area contributed by atoms with Gasteiger partial charge in [0.2, 0.25) is 5.43 Å². The first-order chi connectivity index (χ1) is 9.20. The van der Waals surface area contributed by atoms with Gasteiger partial charge in [-0.3, -0.25) is 14.4 Å². The summed E-state index contributed by atoms with van der Waals surface area (Å²) in [6.45, 7) is 0. The smallest absolute Gasteiger partial charge is 0.266 e. The zero-order valence-electron chi connectivity index (χ0n) is 9.87. The van der Waals surface area contributed by atoms with E-state index in [0.29, 0.717) is 11.1 Å². The maximum atomic E-state index is 12.2. The van der Waals surface area contributed by atoms with Gasteiger partial charge >= 0.3 is 0 Å². The Morgan fingerprint density at radius 1 is 0.632 bits per heavy atom. The number of hydrogen-bond acceptors (Lipinski definition) is 3. The molecule has 0 aliphatic carbocycles. The molecular formula is C15H9NO3. The van der Waals surface area contributed by atoms with Crippen molar-refractivity contribution in [1.29, 1.82) is 0 Å². The van der Waals surface area contributed by atoms with Gasteiger partial charge in [-0.05, 0) is 24.3 Å². The van der Waals surface area contributed by atoms with E-state index >= 15 is 0 Å². The summed E-state index contributed by atoms with van der Waals surface area (Å²) < 4.78 is 0. The fourth-order valence-electron chi connectivity index (χ4n) is 2.11. The molecule has 0 saturated heterocycles. The lowest BCUT2D eigenvalue weighted by Gasteiger charge is -2.11. The number of benzene rings is 1. The number of anilines is 1. The Morgan fingerprint density at radius 3 is 1.79 bits per heavy atom. The first kappa shape index (κ1) is 11.3.